The van der Waals surface area contributed by atoms with Gasteiger partial charge in [0.25, 0.3) is 0 Å². The van der Waals surface area contributed by atoms with E-state index in [-0.39, 0.29) is 0 Å². The number of hydrogen-bond donors (Lipinski definition) is 0. The van der Waals surface area contributed by atoms with Gasteiger partial charge in [-0.15, -0.1) is 11.3 Å². The van der Waals surface area contributed by atoms with E-state index in [9.17, 15) is 5.26 Å². The Bertz CT molecular complexity index is 958. The number of rotatable bonds is 3. The number of thiazole rings is 1. The van der Waals surface area contributed by atoms with E-state index in [4.69, 9.17) is 0 Å². The summed E-state index contributed by atoms with van der Waals surface area (Å²) in [5, 5.41) is 12.3. The van der Waals surface area contributed by atoms with Crippen LogP contribution in [0.3, 0.4) is 0 Å². The molecule has 0 atom stereocenters. The van der Waals surface area contributed by atoms with Crippen molar-refractivity contribution in [1.29, 1.82) is 5.26 Å². The number of allylic oxidation sites excluding steroid dienone is 1. The van der Waals surface area contributed by atoms with Crippen LogP contribution in [-0.4, -0.2) is 4.98 Å². The Morgan fingerprint density at radius 1 is 1.04 bits per heavy atom. The molecule has 0 radical (unpaired) electrons. The number of nitriles is 1. The van der Waals surface area contributed by atoms with Crippen molar-refractivity contribution >= 4 is 23.0 Å². The molecule has 0 unspecified atom stereocenters. The minimum Gasteiger partial charge on any atom is -0.235 e. The van der Waals surface area contributed by atoms with Crippen LogP contribution in [0.2, 0.25) is 0 Å². The third-order valence-electron chi connectivity index (χ3n) is 4.15. The number of aromatic nitrogens is 1. The van der Waals surface area contributed by atoms with E-state index in [2.05, 4.69) is 43.1 Å². The van der Waals surface area contributed by atoms with E-state index in [0.29, 0.717) is 5.57 Å². The fourth-order valence-electron chi connectivity index (χ4n) is 2.48. The molecule has 2 aromatic carbocycles. The summed E-state index contributed by atoms with van der Waals surface area (Å²) in [6, 6.07) is 16.7. The number of benzene rings is 2. The van der Waals surface area contributed by atoms with Gasteiger partial charge in [0, 0.05) is 10.9 Å². The molecule has 0 bridgehead atoms. The third-order valence-corrected chi connectivity index (χ3v) is 5.02. The fraction of sp³-hybridized carbons (Fsp3) is 0.143. The van der Waals surface area contributed by atoms with Gasteiger partial charge in [-0.25, -0.2) is 4.98 Å². The molecule has 0 aliphatic carbocycles. The normalized spacial score (nSPS) is 11.3. The second kappa shape index (κ2) is 6.82. The van der Waals surface area contributed by atoms with Crippen molar-refractivity contribution in [1.82, 2.24) is 4.98 Å². The van der Waals surface area contributed by atoms with Crippen LogP contribution < -0.4 is 0 Å². The molecule has 3 rings (SSSR count). The first kappa shape index (κ1) is 16.2. The highest BCUT2D eigenvalue weighted by Gasteiger charge is 2.10. The molecule has 3 heteroatoms. The highest BCUT2D eigenvalue weighted by atomic mass is 32.1. The first-order valence-corrected chi connectivity index (χ1v) is 8.67. The molecule has 0 saturated carbocycles. The second-order valence-electron chi connectivity index (χ2n) is 5.86. The maximum Gasteiger partial charge on any atom is 0.134 e. The van der Waals surface area contributed by atoms with Crippen molar-refractivity contribution in [2.45, 2.75) is 20.8 Å². The molecule has 0 aliphatic heterocycles. The average Bonchev–Trinajstić information content (AvgIpc) is 3.06. The zero-order chi connectivity index (χ0) is 17.1. The smallest absolute Gasteiger partial charge is 0.134 e. The Labute approximate surface area is 146 Å². The van der Waals surface area contributed by atoms with Gasteiger partial charge in [-0.1, -0.05) is 36.4 Å². The summed E-state index contributed by atoms with van der Waals surface area (Å²) in [7, 11) is 0. The number of aryl methyl sites for hydroxylation is 3. The van der Waals surface area contributed by atoms with Crippen LogP contribution in [0.1, 0.15) is 27.3 Å². The summed E-state index contributed by atoms with van der Waals surface area (Å²) >= 11 is 1.51. The van der Waals surface area contributed by atoms with Gasteiger partial charge in [0.05, 0.1) is 11.3 Å². The molecule has 1 aromatic heterocycles. The molecule has 0 N–H and O–H groups in total. The Balaban J connectivity index is 1.98. The third kappa shape index (κ3) is 3.29. The highest BCUT2D eigenvalue weighted by molar-refractivity contribution is 7.11. The van der Waals surface area contributed by atoms with E-state index in [0.717, 1.165) is 27.4 Å². The Kier molecular flexibility index (Phi) is 4.59. The Morgan fingerprint density at radius 2 is 1.83 bits per heavy atom. The number of hydrogen-bond acceptors (Lipinski definition) is 3. The molecular formula is C21H18N2S. The van der Waals surface area contributed by atoms with Crippen LogP contribution in [0.5, 0.6) is 0 Å². The standard InChI is InChI=1S/C21H18N2S/c1-14-8-9-18(10-16(14)3)20-13-24-21(23-20)19(12-22)11-17-7-5-4-6-15(17)2/h4-11,13H,1-3H3/b19-11-. The summed E-state index contributed by atoms with van der Waals surface area (Å²) in [5.74, 6) is 0. The second-order valence-corrected chi connectivity index (χ2v) is 6.72. The van der Waals surface area contributed by atoms with Crippen molar-refractivity contribution < 1.29 is 0 Å². The maximum absolute atomic E-state index is 9.54. The minimum atomic E-state index is 0.601. The van der Waals surface area contributed by atoms with Crippen LogP contribution >= 0.6 is 11.3 Å². The fourth-order valence-corrected chi connectivity index (χ4v) is 3.27. The highest BCUT2D eigenvalue weighted by Crippen LogP contribution is 2.28. The predicted molar refractivity (Wildman–Crippen MR) is 102 cm³/mol. The molecule has 1 heterocycles. The summed E-state index contributed by atoms with van der Waals surface area (Å²) < 4.78 is 0. The number of nitrogens with zero attached hydrogens (tertiary/aromatic N) is 2. The first-order chi connectivity index (χ1) is 11.6. The quantitative estimate of drug-likeness (QED) is 0.569. The van der Waals surface area contributed by atoms with E-state index < -0.39 is 0 Å². The lowest BCUT2D eigenvalue weighted by Crippen LogP contribution is -1.86. The summed E-state index contributed by atoms with van der Waals surface area (Å²) in [4.78, 5) is 4.68. The van der Waals surface area contributed by atoms with Crippen LogP contribution in [0.25, 0.3) is 22.9 Å². The predicted octanol–water partition coefficient (Wildman–Crippen LogP) is 5.80. The van der Waals surface area contributed by atoms with Crippen molar-refractivity contribution in [2.75, 3.05) is 0 Å². The van der Waals surface area contributed by atoms with Crippen LogP contribution in [0.15, 0.2) is 47.8 Å². The van der Waals surface area contributed by atoms with Gasteiger partial charge in [-0.2, -0.15) is 5.26 Å². The van der Waals surface area contributed by atoms with Crippen LogP contribution in [-0.2, 0) is 0 Å². The van der Waals surface area contributed by atoms with Crippen LogP contribution in [0.4, 0.5) is 0 Å². The molecule has 0 spiro atoms. The van der Waals surface area contributed by atoms with Gasteiger partial charge in [0.2, 0.25) is 0 Å². The van der Waals surface area contributed by atoms with Crippen LogP contribution in [0, 0.1) is 32.1 Å². The lowest BCUT2D eigenvalue weighted by atomic mass is 10.0. The van der Waals surface area contributed by atoms with Crippen molar-refractivity contribution in [3.63, 3.8) is 0 Å². The molecule has 0 fully saturated rings. The molecule has 0 aliphatic rings. The SMILES string of the molecule is Cc1ccc(-c2csc(/C(C#N)=C\c3ccccc3C)n2)cc1C. The monoisotopic (exact) mass is 330 g/mol. The van der Waals surface area contributed by atoms with E-state index in [1.807, 2.05) is 42.6 Å². The first-order valence-electron chi connectivity index (χ1n) is 7.79. The maximum atomic E-state index is 9.54. The lowest BCUT2D eigenvalue weighted by Gasteiger charge is -2.02. The lowest BCUT2D eigenvalue weighted by molar-refractivity contribution is 1.32. The molecule has 24 heavy (non-hydrogen) atoms. The zero-order valence-electron chi connectivity index (χ0n) is 14.0. The van der Waals surface area contributed by atoms with Crippen molar-refractivity contribution in [2.24, 2.45) is 0 Å². The Hall–Kier alpha value is -2.70. The largest absolute Gasteiger partial charge is 0.235 e. The summed E-state index contributed by atoms with van der Waals surface area (Å²) in [6.07, 6.45) is 1.92. The zero-order valence-corrected chi connectivity index (χ0v) is 14.8. The van der Waals surface area contributed by atoms with E-state index in [1.54, 1.807) is 0 Å². The summed E-state index contributed by atoms with van der Waals surface area (Å²) in [5.41, 5.74) is 7.33. The van der Waals surface area contributed by atoms with Gasteiger partial charge >= 0.3 is 0 Å². The van der Waals surface area contributed by atoms with Gasteiger partial charge in [-0.05, 0) is 55.2 Å². The van der Waals surface area contributed by atoms with Gasteiger partial charge in [0.15, 0.2) is 0 Å². The molecule has 0 amide bonds. The molecule has 0 saturated heterocycles. The van der Waals surface area contributed by atoms with Gasteiger partial charge in [-0.3, -0.25) is 0 Å². The van der Waals surface area contributed by atoms with Crippen molar-refractivity contribution in [3.05, 3.63) is 75.1 Å². The van der Waals surface area contributed by atoms with Crippen molar-refractivity contribution in [3.8, 4) is 17.3 Å². The minimum absolute atomic E-state index is 0.601. The average molecular weight is 330 g/mol. The van der Waals surface area contributed by atoms with Gasteiger partial charge < -0.3 is 0 Å². The molecule has 2 nitrogen and oxygen atoms in total. The van der Waals surface area contributed by atoms with E-state index >= 15 is 0 Å². The topological polar surface area (TPSA) is 36.7 Å². The summed E-state index contributed by atoms with van der Waals surface area (Å²) in [6.45, 7) is 6.25. The molecule has 118 valence electrons. The molecular weight excluding hydrogens is 312 g/mol. The van der Waals surface area contributed by atoms with E-state index in [1.165, 1.54) is 22.5 Å². The molecule has 3 aromatic rings. The van der Waals surface area contributed by atoms with Gasteiger partial charge in [0.1, 0.15) is 11.1 Å². The Morgan fingerprint density at radius 3 is 2.54 bits per heavy atom.